The highest BCUT2D eigenvalue weighted by molar-refractivity contribution is 9.10. The molecule has 0 aliphatic carbocycles. The zero-order chi connectivity index (χ0) is 13.7. The summed E-state index contributed by atoms with van der Waals surface area (Å²) in [4.78, 5) is 11.6. The van der Waals surface area contributed by atoms with Gasteiger partial charge in [-0.3, -0.25) is 4.79 Å². The maximum Gasteiger partial charge on any atom is 0.237 e. The number of carbonyl (C=O) groups excluding carboxylic acids is 1. The zero-order valence-corrected chi connectivity index (χ0v) is 13.4. The van der Waals surface area contributed by atoms with Gasteiger partial charge < -0.3 is 11.1 Å². The number of nitrogens with one attached hydrogen (secondary N) is 1. The van der Waals surface area contributed by atoms with Crippen molar-refractivity contribution in [2.45, 2.75) is 26.3 Å². The number of carbonyl (C=O) groups is 1. The van der Waals surface area contributed by atoms with Crippen LogP contribution in [0.4, 0.5) is 4.39 Å². The fourth-order valence-corrected chi connectivity index (χ4v) is 1.88. The first-order valence-electron chi connectivity index (χ1n) is 5.89. The van der Waals surface area contributed by atoms with E-state index in [1.54, 1.807) is 12.1 Å². The van der Waals surface area contributed by atoms with E-state index in [1.165, 1.54) is 6.07 Å². The average molecular weight is 354 g/mol. The number of nitrogens with two attached hydrogens (primary N) is 1. The largest absolute Gasteiger partial charge is 0.354 e. The Kier molecular flexibility index (Phi) is 8.22. The van der Waals surface area contributed by atoms with Gasteiger partial charge in [-0.05, 0) is 36.1 Å². The third kappa shape index (κ3) is 5.89. The lowest BCUT2D eigenvalue weighted by Crippen LogP contribution is -2.44. The van der Waals surface area contributed by atoms with Crippen LogP contribution in [0.2, 0.25) is 0 Å². The maximum atomic E-state index is 13.4. The van der Waals surface area contributed by atoms with Gasteiger partial charge >= 0.3 is 0 Å². The fraction of sp³-hybridized carbons (Fsp3) is 0.462. The Hall–Kier alpha value is -0.650. The molecule has 0 unspecified atom stereocenters. The molecule has 1 rings (SSSR count). The molecule has 1 aromatic carbocycles. The van der Waals surface area contributed by atoms with Gasteiger partial charge in [-0.2, -0.15) is 0 Å². The Labute approximate surface area is 127 Å². The van der Waals surface area contributed by atoms with E-state index in [9.17, 15) is 9.18 Å². The predicted octanol–water partition coefficient (Wildman–Crippen LogP) is 2.65. The lowest BCUT2D eigenvalue weighted by Gasteiger charge is -2.15. The molecule has 0 fully saturated rings. The van der Waals surface area contributed by atoms with Gasteiger partial charge in [0.05, 0.1) is 6.04 Å². The minimum Gasteiger partial charge on any atom is -0.354 e. The molecular formula is C13H19BrClFN2O. The molecular weight excluding hydrogens is 335 g/mol. The molecule has 0 aliphatic heterocycles. The molecule has 0 heterocycles. The second-order valence-electron chi connectivity index (χ2n) is 4.55. The molecule has 1 atom stereocenters. The summed E-state index contributed by atoms with van der Waals surface area (Å²) in [6.07, 6.45) is 0.446. The lowest BCUT2D eigenvalue weighted by atomic mass is 10.0. The molecule has 0 aromatic heterocycles. The molecule has 3 N–H and O–H groups in total. The maximum absolute atomic E-state index is 13.4. The average Bonchev–Trinajstić information content (AvgIpc) is 2.32. The third-order valence-corrected chi connectivity index (χ3v) is 3.22. The third-order valence-electron chi connectivity index (χ3n) is 2.72. The minimum atomic E-state index is -0.516. The van der Waals surface area contributed by atoms with Crippen molar-refractivity contribution >= 4 is 34.2 Å². The Morgan fingerprint density at radius 2 is 2.11 bits per heavy atom. The molecule has 6 heteroatoms. The summed E-state index contributed by atoms with van der Waals surface area (Å²) in [5, 5.41) is 2.71. The van der Waals surface area contributed by atoms with E-state index in [0.717, 1.165) is 4.47 Å². The highest BCUT2D eigenvalue weighted by Gasteiger charge is 2.16. The minimum absolute atomic E-state index is 0. The van der Waals surface area contributed by atoms with Gasteiger partial charge in [-0.15, -0.1) is 12.4 Å². The molecule has 0 saturated carbocycles. The van der Waals surface area contributed by atoms with Crippen LogP contribution >= 0.6 is 28.3 Å². The van der Waals surface area contributed by atoms with Gasteiger partial charge in [0.1, 0.15) is 5.82 Å². The summed E-state index contributed by atoms with van der Waals surface area (Å²) in [7, 11) is 0. The van der Waals surface area contributed by atoms with Crippen molar-refractivity contribution < 1.29 is 9.18 Å². The van der Waals surface area contributed by atoms with Crippen molar-refractivity contribution in [1.82, 2.24) is 5.32 Å². The molecule has 19 heavy (non-hydrogen) atoms. The van der Waals surface area contributed by atoms with E-state index in [2.05, 4.69) is 21.2 Å². The van der Waals surface area contributed by atoms with Crippen molar-refractivity contribution in [2.75, 3.05) is 6.54 Å². The van der Waals surface area contributed by atoms with Gasteiger partial charge in [0, 0.05) is 11.0 Å². The normalized spacial score (nSPS) is 11.9. The van der Waals surface area contributed by atoms with Gasteiger partial charge in [-0.25, -0.2) is 4.39 Å². The molecule has 0 aliphatic rings. The van der Waals surface area contributed by atoms with Crippen LogP contribution in [0.5, 0.6) is 0 Å². The Balaban J connectivity index is 0.00000324. The van der Waals surface area contributed by atoms with E-state index in [4.69, 9.17) is 5.73 Å². The second kappa shape index (κ2) is 8.51. The first-order valence-corrected chi connectivity index (χ1v) is 6.68. The van der Waals surface area contributed by atoms with Crippen molar-refractivity contribution in [3.8, 4) is 0 Å². The highest BCUT2D eigenvalue weighted by atomic mass is 79.9. The first kappa shape index (κ1) is 18.4. The van der Waals surface area contributed by atoms with Crippen molar-refractivity contribution in [3.05, 3.63) is 34.1 Å². The molecule has 3 nitrogen and oxygen atoms in total. The van der Waals surface area contributed by atoms with E-state index < -0.39 is 6.04 Å². The number of halogens is 3. The van der Waals surface area contributed by atoms with Crippen LogP contribution < -0.4 is 11.1 Å². The highest BCUT2D eigenvalue weighted by Crippen LogP contribution is 2.15. The summed E-state index contributed by atoms with van der Waals surface area (Å²) in [6, 6.07) is 4.24. The number of hydrogen-bond acceptors (Lipinski definition) is 2. The molecule has 1 amide bonds. The van der Waals surface area contributed by atoms with Gasteiger partial charge in [0.2, 0.25) is 5.91 Å². The van der Waals surface area contributed by atoms with E-state index in [-0.39, 0.29) is 30.0 Å². The summed E-state index contributed by atoms with van der Waals surface area (Å²) < 4.78 is 14.2. The smallest absolute Gasteiger partial charge is 0.237 e. The Bertz CT molecular complexity index is 429. The van der Waals surface area contributed by atoms with Gasteiger partial charge in [0.15, 0.2) is 0 Å². The Morgan fingerprint density at radius 1 is 1.47 bits per heavy atom. The van der Waals surface area contributed by atoms with Crippen LogP contribution in [0.3, 0.4) is 0 Å². The van der Waals surface area contributed by atoms with Crippen LogP contribution in [0.1, 0.15) is 19.4 Å². The number of rotatable bonds is 5. The van der Waals surface area contributed by atoms with Crippen molar-refractivity contribution in [3.63, 3.8) is 0 Å². The fourth-order valence-electron chi connectivity index (χ4n) is 1.48. The van der Waals surface area contributed by atoms with E-state index in [1.807, 2.05) is 13.8 Å². The number of amides is 1. The SMILES string of the molecule is CC(C)[C@H](N)C(=O)NCCc1cc(Br)ccc1F.Cl. The topological polar surface area (TPSA) is 55.1 Å². The van der Waals surface area contributed by atoms with E-state index >= 15 is 0 Å². The van der Waals surface area contributed by atoms with Crippen molar-refractivity contribution in [1.29, 1.82) is 0 Å². The predicted molar refractivity (Wildman–Crippen MR) is 80.9 cm³/mol. The molecule has 0 bridgehead atoms. The Morgan fingerprint density at radius 3 is 2.68 bits per heavy atom. The summed E-state index contributed by atoms with van der Waals surface area (Å²) in [6.45, 7) is 4.16. The lowest BCUT2D eigenvalue weighted by molar-refractivity contribution is -0.123. The van der Waals surface area contributed by atoms with Crippen LogP contribution in [-0.4, -0.2) is 18.5 Å². The number of benzene rings is 1. The molecule has 1 aromatic rings. The van der Waals surface area contributed by atoms with E-state index in [0.29, 0.717) is 18.5 Å². The van der Waals surface area contributed by atoms with Gasteiger partial charge in [0.25, 0.3) is 0 Å². The summed E-state index contributed by atoms with van der Waals surface area (Å²) >= 11 is 3.29. The monoisotopic (exact) mass is 352 g/mol. The van der Waals surface area contributed by atoms with Crippen LogP contribution in [0, 0.1) is 11.7 Å². The second-order valence-corrected chi connectivity index (χ2v) is 5.46. The quantitative estimate of drug-likeness (QED) is 0.855. The molecule has 0 radical (unpaired) electrons. The molecule has 0 saturated heterocycles. The molecule has 0 spiro atoms. The van der Waals surface area contributed by atoms with Crippen LogP contribution in [0.15, 0.2) is 22.7 Å². The van der Waals surface area contributed by atoms with Crippen LogP contribution in [0.25, 0.3) is 0 Å². The number of hydrogen-bond donors (Lipinski definition) is 2. The summed E-state index contributed by atoms with van der Waals surface area (Å²) in [5.41, 5.74) is 6.27. The van der Waals surface area contributed by atoms with Gasteiger partial charge in [-0.1, -0.05) is 29.8 Å². The molecule has 108 valence electrons. The standard InChI is InChI=1S/C13H18BrFN2O.ClH/c1-8(2)12(16)13(18)17-6-5-9-7-10(14)3-4-11(9)15;/h3-4,7-8,12H,5-6,16H2,1-2H3,(H,17,18);1H/t12-;/m0./s1. The van der Waals surface area contributed by atoms with Crippen LogP contribution in [-0.2, 0) is 11.2 Å². The zero-order valence-electron chi connectivity index (χ0n) is 11.0. The first-order chi connectivity index (χ1) is 8.41. The van der Waals surface area contributed by atoms with Crippen molar-refractivity contribution in [2.24, 2.45) is 11.7 Å². The summed E-state index contributed by atoms with van der Waals surface area (Å²) in [5.74, 6) is -0.367.